The second kappa shape index (κ2) is 6.20. The summed E-state index contributed by atoms with van der Waals surface area (Å²) in [6.45, 7) is 2.36. The van der Waals surface area contributed by atoms with E-state index in [4.69, 9.17) is 10.2 Å². The number of aromatic nitrogens is 2. The number of hydrogen-bond acceptors (Lipinski definition) is 6. The maximum Gasteiger partial charge on any atom is 0.222 e. The van der Waals surface area contributed by atoms with Crippen molar-refractivity contribution in [2.45, 2.75) is 13.5 Å². The number of nitrogens with two attached hydrogens (primary N) is 1. The molecular weight excluding hydrogens is 290 g/mol. The van der Waals surface area contributed by atoms with Crippen molar-refractivity contribution in [3.05, 3.63) is 59.4 Å². The van der Waals surface area contributed by atoms with Crippen LogP contribution in [0.1, 0.15) is 16.9 Å². The molecule has 114 valence electrons. The third-order valence-electron chi connectivity index (χ3n) is 3.31. The number of anilines is 2. The summed E-state index contributed by atoms with van der Waals surface area (Å²) in [5.41, 5.74) is 7.56. The fraction of sp³-hybridized carbons (Fsp3) is 0.118. The van der Waals surface area contributed by atoms with E-state index in [-0.39, 0.29) is 5.95 Å². The van der Waals surface area contributed by atoms with E-state index in [1.165, 1.54) is 0 Å². The van der Waals surface area contributed by atoms with E-state index in [1.54, 1.807) is 6.07 Å². The predicted molar refractivity (Wildman–Crippen MR) is 87.4 cm³/mol. The first-order chi connectivity index (χ1) is 11.2. The summed E-state index contributed by atoms with van der Waals surface area (Å²) in [5.74, 6) is 1.72. The minimum absolute atomic E-state index is 0.0867. The molecule has 0 spiro atoms. The molecule has 0 aliphatic heterocycles. The summed E-state index contributed by atoms with van der Waals surface area (Å²) < 4.78 is 5.56. The number of nitrogens with zero attached hydrogens (tertiary/aromatic N) is 3. The maximum absolute atomic E-state index is 9.50. The minimum Gasteiger partial charge on any atom is -0.460 e. The Labute approximate surface area is 133 Å². The van der Waals surface area contributed by atoms with Crippen molar-refractivity contribution in [3.8, 4) is 17.5 Å². The Morgan fingerprint density at radius 3 is 2.61 bits per heavy atom. The summed E-state index contributed by atoms with van der Waals surface area (Å²) in [6.07, 6.45) is 0. The third-order valence-corrected chi connectivity index (χ3v) is 3.31. The zero-order valence-electron chi connectivity index (χ0n) is 12.6. The van der Waals surface area contributed by atoms with Crippen molar-refractivity contribution < 1.29 is 4.42 Å². The zero-order chi connectivity index (χ0) is 16.2. The Hall–Kier alpha value is -3.33. The first-order valence-corrected chi connectivity index (χ1v) is 7.09. The van der Waals surface area contributed by atoms with Gasteiger partial charge in [-0.1, -0.05) is 30.3 Å². The van der Waals surface area contributed by atoms with Gasteiger partial charge in [0.15, 0.2) is 11.6 Å². The molecule has 1 aromatic carbocycles. The van der Waals surface area contributed by atoms with E-state index >= 15 is 0 Å². The van der Waals surface area contributed by atoms with Gasteiger partial charge in [-0.3, -0.25) is 0 Å². The zero-order valence-corrected chi connectivity index (χ0v) is 12.6. The van der Waals surface area contributed by atoms with Crippen molar-refractivity contribution in [1.82, 2.24) is 9.97 Å². The number of furan rings is 1. The highest BCUT2D eigenvalue weighted by Crippen LogP contribution is 2.28. The van der Waals surface area contributed by atoms with Crippen molar-refractivity contribution in [2.75, 3.05) is 11.1 Å². The number of nitriles is 1. The van der Waals surface area contributed by atoms with Crippen molar-refractivity contribution in [2.24, 2.45) is 0 Å². The highest BCUT2D eigenvalue weighted by atomic mass is 16.3. The molecule has 3 N–H and O–H groups in total. The monoisotopic (exact) mass is 305 g/mol. The van der Waals surface area contributed by atoms with Crippen molar-refractivity contribution >= 4 is 11.8 Å². The van der Waals surface area contributed by atoms with Gasteiger partial charge >= 0.3 is 0 Å². The van der Waals surface area contributed by atoms with Gasteiger partial charge in [0.1, 0.15) is 23.1 Å². The Kier molecular flexibility index (Phi) is 3.93. The van der Waals surface area contributed by atoms with Crippen LogP contribution in [0.25, 0.3) is 11.5 Å². The van der Waals surface area contributed by atoms with Crippen LogP contribution < -0.4 is 11.1 Å². The van der Waals surface area contributed by atoms with E-state index in [1.807, 2.05) is 43.3 Å². The van der Waals surface area contributed by atoms with Gasteiger partial charge in [-0.15, -0.1) is 0 Å². The smallest absolute Gasteiger partial charge is 0.222 e. The molecule has 0 fully saturated rings. The average Bonchev–Trinajstić information content (AvgIpc) is 2.99. The van der Waals surface area contributed by atoms with Gasteiger partial charge in [0.25, 0.3) is 0 Å². The fourth-order valence-corrected chi connectivity index (χ4v) is 2.23. The molecule has 0 bridgehead atoms. The largest absolute Gasteiger partial charge is 0.460 e. The van der Waals surface area contributed by atoms with Gasteiger partial charge in [0.2, 0.25) is 5.95 Å². The lowest BCUT2D eigenvalue weighted by molar-refractivity contribution is 0.546. The number of benzene rings is 1. The van der Waals surface area contributed by atoms with Gasteiger partial charge in [0.05, 0.1) is 0 Å². The number of nitrogen functional groups attached to an aromatic ring is 1. The van der Waals surface area contributed by atoms with Crippen LogP contribution >= 0.6 is 0 Å². The standard InChI is InChI=1S/C17H15N5O/c1-11-7-8-14(23-11)15-13(9-18)16(22-17(19)21-15)20-10-12-5-3-2-4-6-12/h2-8H,10H2,1H3,(H3,19,20,21,22). The van der Waals surface area contributed by atoms with E-state index in [2.05, 4.69) is 21.4 Å². The lowest BCUT2D eigenvalue weighted by Gasteiger charge is -2.10. The first-order valence-electron chi connectivity index (χ1n) is 7.09. The lowest BCUT2D eigenvalue weighted by atomic mass is 10.1. The number of nitrogens with one attached hydrogen (secondary N) is 1. The van der Waals surface area contributed by atoms with Crippen LogP contribution in [0.15, 0.2) is 46.9 Å². The topological polar surface area (TPSA) is 101 Å². The average molecular weight is 305 g/mol. The van der Waals surface area contributed by atoms with Crippen LogP contribution in [0.5, 0.6) is 0 Å². The lowest BCUT2D eigenvalue weighted by Crippen LogP contribution is -2.08. The molecule has 0 aliphatic rings. The van der Waals surface area contributed by atoms with Crippen LogP contribution in [0.3, 0.4) is 0 Å². The van der Waals surface area contributed by atoms with Crippen LogP contribution in [0, 0.1) is 18.3 Å². The molecular formula is C17H15N5O. The fourth-order valence-electron chi connectivity index (χ4n) is 2.23. The minimum atomic E-state index is 0.0867. The van der Waals surface area contributed by atoms with Gasteiger partial charge in [-0.2, -0.15) is 10.2 Å². The van der Waals surface area contributed by atoms with Crippen LogP contribution in [0.4, 0.5) is 11.8 Å². The SMILES string of the molecule is Cc1ccc(-c2nc(N)nc(NCc3ccccc3)c2C#N)o1. The highest BCUT2D eigenvalue weighted by molar-refractivity contribution is 5.71. The predicted octanol–water partition coefficient (Wildman–Crippen LogP) is 3.11. The Morgan fingerprint density at radius 1 is 1.17 bits per heavy atom. The summed E-state index contributed by atoms with van der Waals surface area (Å²) >= 11 is 0. The summed E-state index contributed by atoms with van der Waals surface area (Å²) in [6, 6.07) is 15.5. The van der Waals surface area contributed by atoms with E-state index in [0.29, 0.717) is 29.4 Å². The van der Waals surface area contributed by atoms with E-state index in [0.717, 1.165) is 11.3 Å². The van der Waals surface area contributed by atoms with Crippen LogP contribution in [-0.2, 0) is 6.54 Å². The maximum atomic E-state index is 9.50. The Morgan fingerprint density at radius 2 is 1.96 bits per heavy atom. The van der Waals surface area contributed by atoms with Gasteiger partial charge < -0.3 is 15.5 Å². The molecule has 0 atom stereocenters. The summed E-state index contributed by atoms with van der Waals surface area (Å²) in [5, 5.41) is 12.6. The van der Waals surface area contributed by atoms with Crippen molar-refractivity contribution in [1.29, 1.82) is 5.26 Å². The number of rotatable bonds is 4. The molecule has 0 amide bonds. The molecule has 2 heterocycles. The molecule has 0 unspecified atom stereocenters. The normalized spacial score (nSPS) is 10.3. The molecule has 0 saturated carbocycles. The van der Waals surface area contributed by atoms with Crippen LogP contribution in [-0.4, -0.2) is 9.97 Å². The second-order valence-electron chi connectivity index (χ2n) is 5.02. The van der Waals surface area contributed by atoms with Crippen LogP contribution in [0.2, 0.25) is 0 Å². The molecule has 2 aromatic heterocycles. The summed E-state index contributed by atoms with van der Waals surface area (Å²) in [7, 11) is 0. The molecule has 0 aliphatic carbocycles. The van der Waals surface area contributed by atoms with Crippen molar-refractivity contribution in [3.63, 3.8) is 0 Å². The Bertz CT molecular complexity index is 864. The van der Waals surface area contributed by atoms with E-state index in [9.17, 15) is 5.26 Å². The van der Waals surface area contributed by atoms with Gasteiger partial charge in [0, 0.05) is 6.54 Å². The Balaban J connectivity index is 1.97. The number of aryl methyl sites for hydroxylation is 1. The second-order valence-corrected chi connectivity index (χ2v) is 5.02. The van der Waals surface area contributed by atoms with Gasteiger partial charge in [-0.05, 0) is 24.6 Å². The molecule has 0 radical (unpaired) electrons. The molecule has 6 nitrogen and oxygen atoms in total. The third kappa shape index (κ3) is 3.14. The van der Waals surface area contributed by atoms with Gasteiger partial charge in [-0.25, -0.2) is 4.98 Å². The van der Waals surface area contributed by atoms with E-state index < -0.39 is 0 Å². The molecule has 23 heavy (non-hydrogen) atoms. The molecule has 3 rings (SSSR count). The first kappa shape index (κ1) is 14.6. The molecule has 6 heteroatoms. The molecule has 3 aromatic rings. The summed E-state index contributed by atoms with van der Waals surface area (Å²) in [4.78, 5) is 8.30. The quantitative estimate of drug-likeness (QED) is 0.768. The highest BCUT2D eigenvalue weighted by Gasteiger charge is 2.17. The molecule has 0 saturated heterocycles. The number of hydrogen-bond donors (Lipinski definition) is 2.